The first-order chi connectivity index (χ1) is 8.83. The maximum Gasteiger partial charge on any atom is 0.330 e. The van der Waals surface area contributed by atoms with Crippen LogP contribution in [0.5, 0.6) is 0 Å². The van der Waals surface area contributed by atoms with E-state index in [1.807, 2.05) is 30.3 Å². The molecular weight excluding hydrogens is 232 g/mol. The number of hydrogen-bond acceptors (Lipinski definition) is 4. The van der Waals surface area contributed by atoms with Crippen LogP contribution in [-0.2, 0) is 25.6 Å². The third-order valence-electron chi connectivity index (χ3n) is 3.01. The van der Waals surface area contributed by atoms with Gasteiger partial charge >= 0.3 is 5.97 Å². The molecule has 0 aromatic heterocycles. The lowest BCUT2D eigenvalue weighted by Crippen LogP contribution is -2.39. The zero-order valence-electron chi connectivity index (χ0n) is 9.82. The van der Waals surface area contributed by atoms with E-state index in [1.54, 1.807) is 6.08 Å². The van der Waals surface area contributed by atoms with Gasteiger partial charge in [0.05, 0.1) is 13.2 Å². The van der Waals surface area contributed by atoms with Crippen molar-refractivity contribution in [2.24, 2.45) is 0 Å². The van der Waals surface area contributed by atoms with Crippen molar-refractivity contribution >= 4 is 5.97 Å². The fourth-order valence-electron chi connectivity index (χ4n) is 1.97. The minimum atomic E-state index is -0.324. The second-order valence-electron chi connectivity index (χ2n) is 4.39. The molecule has 0 spiro atoms. The number of rotatable bonds is 4. The molecule has 0 N–H and O–H groups in total. The van der Waals surface area contributed by atoms with Crippen molar-refractivity contribution in [1.29, 1.82) is 0 Å². The van der Waals surface area contributed by atoms with E-state index in [9.17, 15) is 4.79 Å². The number of hydrogen-bond donors (Lipinski definition) is 0. The molecule has 1 saturated heterocycles. The molecule has 3 rings (SSSR count). The van der Waals surface area contributed by atoms with E-state index in [1.165, 1.54) is 6.08 Å². The van der Waals surface area contributed by atoms with Crippen molar-refractivity contribution < 1.29 is 19.0 Å². The van der Waals surface area contributed by atoms with Gasteiger partial charge in [-0.2, -0.15) is 0 Å². The Kier molecular flexibility index (Phi) is 3.13. The zero-order valence-corrected chi connectivity index (χ0v) is 9.82. The fourth-order valence-corrected chi connectivity index (χ4v) is 1.97. The Labute approximate surface area is 105 Å². The molecule has 0 amide bonds. The number of epoxide rings is 1. The normalized spacial score (nSPS) is 30.0. The molecular formula is C14H14O4. The monoisotopic (exact) mass is 246 g/mol. The van der Waals surface area contributed by atoms with Gasteiger partial charge in [-0.25, -0.2) is 4.79 Å². The Hall–Kier alpha value is -1.65. The summed E-state index contributed by atoms with van der Waals surface area (Å²) in [4.78, 5) is 11.2. The summed E-state index contributed by atoms with van der Waals surface area (Å²) >= 11 is 0. The molecule has 1 fully saturated rings. The lowest BCUT2D eigenvalue weighted by molar-refractivity contribution is -0.154. The number of esters is 1. The highest BCUT2D eigenvalue weighted by Crippen LogP contribution is 2.25. The SMILES string of the molecule is O=C1C=C[C@@H](OCc2ccccc2)[C@@H]([C@H]2CO2)O1. The smallest absolute Gasteiger partial charge is 0.330 e. The molecule has 0 bridgehead atoms. The largest absolute Gasteiger partial charge is 0.453 e. The number of ether oxygens (including phenoxy) is 3. The first kappa shape index (κ1) is 11.4. The molecule has 4 nitrogen and oxygen atoms in total. The second kappa shape index (κ2) is 4.92. The summed E-state index contributed by atoms with van der Waals surface area (Å²) in [6.45, 7) is 1.13. The summed E-state index contributed by atoms with van der Waals surface area (Å²) < 4.78 is 16.2. The number of cyclic esters (lactones) is 1. The van der Waals surface area contributed by atoms with E-state index in [2.05, 4.69) is 0 Å². The Morgan fingerprint density at radius 1 is 1.28 bits per heavy atom. The summed E-state index contributed by atoms with van der Waals surface area (Å²) in [5, 5.41) is 0. The van der Waals surface area contributed by atoms with Crippen molar-refractivity contribution in [2.75, 3.05) is 6.61 Å². The van der Waals surface area contributed by atoms with Crippen LogP contribution in [0.25, 0.3) is 0 Å². The van der Waals surface area contributed by atoms with E-state index >= 15 is 0 Å². The highest BCUT2D eigenvalue weighted by molar-refractivity contribution is 5.83. The van der Waals surface area contributed by atoms with Gasteiger partial charge in [0.25, 0.3) is 0 Å². The summed E-state index contributed by atoms with van der Waals surface area (Å²) in [7, 11) is 0. The van der Waals surface area contributed by atoms with Crippen LogP contribution in [0.1, 0.15) is 5.56 Å². The number of carbonyl (C=O) groups excluding carboxylic acids is 1. The van der Waals surface area contributed by atoms with E-state index < -0.39 is 0 Å². The van der Waals surface area contributed by atoms with Crippen molar-refractivity contribution in [1.82, 2.24) is 0 Å². The summed E-state index contributed by atoms with van der Waals surface area (Å²) in [5.74, 6) is -0.324. The highest BCUT2D eigenvalue weighted by Gasteiger charge is 2.42. The minimum absolute atomic E-state index is 0.0142. The zero-order chi connectivity index (χ0) is 12.4. The van der Waals surface area contributed by atoms with Gasteiger partial charge in [0.15, 0.2) is 6.10 Å². The Morgan fingerprint density at radius 3 is 2.78 bits per heavy atom. The first-order valence-electron chi connectivity index (χ1n) is 5.99. The summed E-state index contributed by atoms with van der Waals surface area (Å²) in [6.07, 6.45) is 2.61. The third kappa shape index (κ3) is 2.60. The van der Waals surface area contributed by atoms with Gasteiger partial charge in [0, 0.05) is 6.08 Å². The average Bonchev–Trinajstić information content (AvgIpc) is 3.23. The standard InChI is InChI=1S/C14H14O4/c15-13-7-6-11(14(18-13)12-9-17-12)16-8-10-4-2-1-3-5-10/h1-7,11-12,14H,8-9H2/t11-,12-,14+/m1/s1. The molecule has 94 valence electrons. The maximum absolute atomic E-state index is 11.2. The van der Waals surface area contributed by atoms with Crippen LogP contribution >= 0.6 is 0 Å². The van der Waals surface area contributed by atoms with Crippen molar-refractivity contribution in [3.8, 4) is 0 Å². The van der Waals surface area contributed by atoms with Crippen molar-refractivity contribution in [3.05, 3.63) is 48.0 Å². The van der Waals surface area contributed by atoms with Crippen LogP contribution in [0.4, 0.5) is 0 Å². The van der Waals surface area contributed by atoms with Crippen LogP contribution in [-0.4, -0.2) is 30.9 Å². The molecule has 0 saturated carbocycles. The molecule has 0 unspecified atom stereocenters. The average molecular weight is 246 g/mol. The molecule has 0 aliphatic carbocycles. The lowest BCUT2D eigenvalue weighted by atomic mass is 10.1. The minimum Gasteiger partial charge on any atom is -0.453 e. The van der Waals surface area contributed by atoms with Gasteiger partial charge in [-0.15, -0.1) is 0 Å². The Balaban J connectivity index is 1.63. The van der Waals surface area contributed by atoms with Gasteiger partial charge < -0.3 is 14.2 Å². The number of benzene rings is 1. The second-order valence-corrected chi connectivity index (χ2v) is 4.39. The molecule has 4 heteroatoms. The Morgan fingerprint density at radius 2 is 2.06 bits per heavy atom. The van der Waals surface area contributed by atoms with E-state index in [-0.39, 0.29) is 24.3 Å². The van der Waals surface area contributed by atoms with Gasteiger partial charge in [-0.05, 0) is 11.6 Å². The first-order valence-corrected chi connectivity index (χ1v) is 5.99. The molecule has 18 heavy (non-hydrogen) atoms. The van der Waals surface area contributed by atoms with E-state index in [0.29, 0.717) is 13.2 Å². The van der Waals surface area contributed by atoms with E-state index in [4.69, 9.17) is 14.2 Å². The van der Waals surface area contributed by atoms with Crippen LogP contribution in [0, 0.1) is 0 Å². The topological polar surface area (TPSA) is 48.1 Å². The van der Waals surface area contributed by atoms with E-state index in [0.717, 1.165) is 5.56 Å². The summed E-state index contributed by atoms with van der Waals surface area (Å²) in [6, 6.07) is 9.91. The highest BCUT2D eigenvalue weighted by atomic mass is 16.6. The van der Waals surface area contributed by atoms with Gasteiger partial charge in [0.2, 0.25) is 0 Å². The molecule has 1 aromatic carbocycles. The summed E-state index contributed by atoms with van der Waals surface area (Å²) in [5.41, 5.74) is 1.10. The fraction of sp³-hybridized carbons (Fsp3) is 0.357. The predicted molar refractivity (Wildman–Crippen MR) is 63.8 cm³/mol. The lowest BCUT2D eigenvalue weighted by Gasteiger charge is -2.26. The van der Waals surface area contributed by atoms with Gasteiger partial charge in [-0.3, -0.25) is 0 Å². The van der Waals surface area contributed by atoms with Gasteiger partial charge in [-0.1, -0.05) is 30.3 Å². The van der Waals surface area contributed by atoms with Crippen LogP contribution in [0.15, 0.2) is 42.5 Å². The molecule has 2 heterocycles. The maximum atomic E-state index is 11.2. The quantitative estimate of drug-likeness (QED) is 0.596. The third-order valence-corrected chi connectivity index (χ3v) is 3.01. The van der Waals surface area contributed by atoms with Gasteiger partial charge in [0.1, 0.15) is 12.2 Å². The molecule has 2 aliphatic heterocycles. The predicted octanol–water partition coefficient (Wildman–Crippen LogP) is 1.45. The number of carbonyl (C=O) groups is 1. The van der Waals surface area contributed by atoms with Crippen LogP contribution in [0.3, 0.4) is 0 Å². The van der Waals surface area contributed by atoms with Crippen molar-refractivity contribution in [3.63, 3.8) is 0 Å². The van der Waals surface area contributed by atoms with Crippen LogP contribution in [0.2, 0.25) is 0 Å². The van der Waals surface area contributed by atoms with Crippen LogP contribution < -0.4 is 0 Å². The molecule has 3 atom stereocenters. The van der Waals surface area contributed by atoms with Crippen molar-refractivity contribution in [2.45, 2.75) is 24.9 Å². The Bertz CT molecular complexity index is 450. The molecule has 1 aromatic rings. The molecule has 0 radical (unpaired) electrons. The molecule has 2 aliphatic rings.